The normalized spacial score (nSPS) is 49.9. The molecule has 0 atom stereocenters. The highest BCUT2D eigenvalue weighted by atomic mass is 28.6. The fourth-order valence-corrected chi connectivity index (χ4v) is 69.6. The van der Waals surface area contributed by atoms with Crippen LogP contribution in [0.25, 0.3) is 0 Å². The number of rotatable bonds is 9. The molecule has 0 spiro atoms. The average molecular weight is 942 g/mol. The summed E-state index contributed by atoms with van der Waals surface area (Å²) in [5.41, 5.74) is 0.469. The molecule has 13 fully saturated rings. The SMILES string of the molecule is C=CC[Si]12O[Si]3(C4CCCC4)O[Si]4(C5CCCC5)O[Si](C5CCCC5)(O1)O[Si]1(C5CCCC5)O[Si](C5CCCC5)(O2)O[Si](C2CCCC2)(O3)O[Si](C2CCCC2)(O4)O1. The minimum absolute atomic E-state index is 0.0554. The van der Waals surface area contributed by atoms with Crippen LogP contribution in [0.5, 0.6) is 0 Å². The van der Waals surface area contributed by atoms with Gasteiger partial charge in [-0.05, 0) is 89.9 Å². The highest BCUT2D eigenvalue weighted by Crippen LogP contribution is 2.66. The van der Waals surface area contributed by atoms with E-state index in [1.165, 1.54) is 0 Å². The van der Waals surface area contributed by atoms with E-state index in [0.717, 1.165) is 180 Å². The van der Waals surface area contributed by atoms with Gasteiger partial charge in [0.15, 0.2) is 0 Å². The lowest BCUT2D eigenvalue weighted by Crippen LogP contribution is -2.90. The molecule has 6 saturated heterocycles. The second-order valence-electron chi connectivity index (χ2n) is 20.5. The Morgan fingerprint density at radius 2 is 0.431 bits per heavy atom. The third-order valence-electron chi connectivity index (χ3n) is 16.8. The molecule has 0 aromatic carbocycles. The molecule has 324 valence electrons. The number of hydrogen-bond acceptors (Lipinski definition) is 12. The van der Waals surface area contributed by atoms with Gasteiger partial charge in [0.2, 0.25) is 0 Å². The van der Waals surface area contributed by atoms with Crippen molar-refractivity contribution < 1.29 is 49.4 Å². The van der Waals surface area contributed by atoms with Crippen molar-refractivity contribution in [2.24, 2.45) is 0 Å². The summed E-state index contributed by atoms with van der Waals surface area (Å²) >= 11 is 0. The van der Waals surface area contributed by atoms with Gasteiger partial charge in [-0.25, -0.2) is 0 Å². The topological polar surface area (TPSA) is 111 Å². The van der Waals surface area contributed by atoms with Crippen LogP contribution < -0.4 is 0 Å². The zero-order chi connectivity index (χ0) is 38.7. The van der Waals surface area contributed by atoms with Gasteiger partial charge in [-0.2, -0.15) is 0 Å². The highest BCUT2D eigenvalue weighted by Gasteiger charge is 2.88. The van der Waals surface area contributed by atoms with Gasteiger partial charge < -0.3 is 49.4 Å². The largest absolute Gasteiger partial charge is 0.482 e. The first-order chi connectivity index (χ1) is 28.3. The molecule has 6 aliphatic heterocycles. The minimum atomic E-state index is -3.91. The molecule has 13 aliphatic rings. The lowest BCUT2D eigenvalue weighted by atomic mass is 10.4. The van der Waals surface area contributed by atoms with Crippen molar-refractivity contribution >= 4 is 70.4 Å². The fraction of sp³-hybridized carbons (Fsp3) is 0.947. The molecule has 7 aliphatic carbocycles. The van der Waals surface area contributed by atoms with Gasteiger partial charge in [0.1, 0.15) is 0 Å². The monoisotopic (exact) mass is 940 g/mol. The molecule has 0 unspecified atom stereocenters. The predicted molar refractivity (Wildman–Crippen MR) is 230 cm³/mol. The van der Waals surface area contributed by atoms with Crippen molar-refractivity contribution in [3.05, 3.63) is 12.7 Å². The van der Waals surface area contributed by atoms with E-state index >= 15 is 0 Å². The molecular weight excluding hydrogens is 873 g/mol. The Morgan fingerprint density at radius 1 is 0.276 bits per heavy atom. The van der Waals surface area contributed by atoms with Crippen LogP contribution in [0.2, 0.25) is 44.8 Å². The molecule has 6 heterocycles. The summed E-state index contributed by atoms with van der Waals surface area (Å²) in [7, 11) is -31.0. The van der Waals surface area contributed by atoms with Crippen LogP contribution >= 0.6 is 0 Å². The van der Waals surface area contributed by atoms with Gasteiger partial charge in [0.25, 0.3) is 0 Å². The van der Waals surface area contributed by atoms with E-state index in [2.05, 4.69) is 6.58 Å². The Labute approximate surface area is 355 Å². The highest BCUT2D eigenvalue weighted by molar-refractivity contribution is 7.04. The van der Waals surface area contributed by atoms with Crippen LogP contribution in [0.3, 0.4) is 0 Å². The third-order valence-corrected chi connectivity index (χ3v) is 56.3. The van der Waals surface area contributed by atoms with Crippen molar-refractivity contribution in [1.82, 2.24) is 0 Å². The Balaban J connectivity index is 1.19. The van der Waals surface area contributed by atoms with Crippen molar-refractivity contribution in [1.29, 1.82) is 0 Å². The molecule has 0 aromatic rings. The summed E-state index contributed by atoms with van der Waals surface area (Å²) in [4.78, 5) is 0. The van der Waals surface area contributed by atoms with Crippen LogP contribution in [-0.4, -0.2) is 70.4 Å². The lowest BCUT2D eigenvalue weighted by Gasteiger charge is -2.66. The average Bonchev–Trinajstić information content (AvgIpc) is 4.02. The molecule has 0 N–H and O–H groups in total. The first-order valence-corrected chi connectivity index (χ1v) is 38.9. The molecule has 12 nitrogen and oxygen atoms in total. The van der Waals surface area contributed by atoms with Crippen molar-refractivity contribution in [2.75, 3.05) is 0 Å². The van der Waals surface area contributed by atoms with Gasteiger partial charge in [-0.15, -0.1) is 6.58 Å². The van der Waals surface area contributed by atoms with Crippen LogP contribution in [0.1, 0.15) is 180 Å². The Morgan fingerprint density at radius 3 is 0.586 bits per heavy atom. The molecule has 0 aromatic heterocycles. The van der Waals surface area contributed by atoms with Gasteiger partial charge in [-0.1, -0.05) is 96.0 Å². The van der Waals surface area contributed by atoms with Gasteiger partial charge in [-0.3, -0.25) is 0 Å². The second-order valence-corrected chi connectivity index (χ2v) is 46.2. The zero-order valence-electron chi connectivity index (χ0n) is 34.7. The maximum atomic E-state index is 8.41. The van der Waals surface area contributed by atoms with Crippen molar-refractivity contribution in [3.63, 3.8) is 0 Å². The van der Waals surface area contributed by atoms with Crippen molar-refractivity contribution in [2.45, 2.75) is 225 Å². The van der Waals surface area contributed by atoms with Crippen LogP contribution in [-0.2, 0) is 49.4 Å². The van der Waals surface area contributed by atoms with Crippen LogP contribution in [0.4, 0.5) is 0 Å². The maximum absolute atomic E-state index is 8.41. The number of hydrogen-bond donors (Lipinski definition) is 0. The molecule has 0 radical (unpaired) electrons. The van der Waals surface area contributed by atoms with Crippen LogP contribution in [0.15, 0.2) is 12.7 Å². The predicted octanol–water partition coefficient (Wildman–Crippen LogP) is 10.6. The lowest BCUT2D eigenvalue weighted by molar-refractivity contribution is -0.0451. The summed E-state index contributed by atoms with van der Waals surface area (Å²) in [6.45, 7) is 4.38. The van der Waals surface area contributed by atoms with Crippen LogP contribution in [0, 0.1) is 0 Å². The first kappa shape index (κ1) is 40.5. The van der Waals surface area contributed by atoms with E-state index in [9.17, 15) is 0 Å². The summed E-state index contributed by atoms with van der Waals surface area (Å²) in [5.74, 6) is 0. The van der Waals surface area contributed by atoms with E-state index in [-0.39, 0.29) is 38.8 Å². The Kier molecular flexibility index (Phi) is 10.5. The third kappa shape index (κ3) is 6.33. The van der Waals surface area contributed by atoms with Gasteiger partial charge in [0, 0.05) is 44.8 Å². The van der Waals surface area contributed by atoms with Gasteiger partial charge >= 0.3 is 70.4 Å². The van der Waals surface area contributed by atoms with E-state index in [1.807, 2.05) is 6.08 Å². The fourth-order valence-electron chi connectivity index (χ4n) is 13.9. The molecule has 20 heteroatoms. The standard InChI is InChI=1S/C38H68O12Si8/c1-2-31-51-39-52(32-17-3-4-18-32)42-55(35-23-9-10-24-35)44-53(40-51,33-19-5-6-20-33)46-57(37-27-13-14-28-37)47-54(41-51,34-21-7-8-22-34)45-56(43-52,36-25-11-12-26-36)49-58(48-55,50-57)38-29-15-16-30-38/h2,32-38H,1,3-31H2. The first-order valence-electron chi connectivity index (χ1n) is 24.3. The molecule has 0 amide bonds. The second kappa shape index (κ2) is 15.0. The number of allylic oxidation sites excluding steroid dienone is 1. The van der Waals surface area contributed by atoms with E-state index in [4.69, 9.17) is 49.4 Å². The van der Waals surface area contributed by atoms with E-state index in [0.29, 0.717) is 6.04 Å². The quantitative estimate of drug-likeness (QED) is 0.162. The Bertz CT molecular complexity index is 1380. The molecule has 13 rings (SSSR count). The van der Waals surface area contributed by atoms with Gasteiger partial charge in [0.05, 0.1) is 0 Å². The van der Waals surface area contributed by atoms with E-state index < -0.39 is 70.4 Å². The summed E-state index contributed by atoms with van der Waals surface area (Å²) in [6.07, 6.45) is 31.3. The zero-order valence-corrected chi connectivity index (χ0v) is 42.7. The maximum Gasteiger partial charge on any atom is 0.482 e. The molecule has 8 bridgehead atoms. The van der Waals surface area contributed by atoms with E-state index in [1.54, 1.807) is 0 Å². The minimum Gasteiger partial charge on any atom is -0.373 e. The van der Waals surface area contributed by atoms with Crippen molar-refractivity contribution in [3.8, 4) is 0 Å². The molecular formula is C38H68O12Si8. The molecule has 58 heavy (non-hydrogen) atoms. The Hall–Kier alpha value is 0.995. The molecule has 7 saturated carbocycles. The summed E-state index contributed by atoms with van der Waals surface area (Å²) < 4.78 is 99.8. The summed E-state index contributed by atoms with van der Waals surface area (Å²) in [5, 5.41) is 0. The summed E-state index contributed by atoms with van der Waals surface area (Å²) in [6, 6.07) is 0.404. The smallest absolute Gasteiger partial charge is 0.373 e.